The molecule has 1 saturated carbocycles. The number of nitrogens with zero attached hydrogens (tertiary/aromatic N) is 1. The van der Waals surface area contributed by atoms with Crippen molar-refractivity contribution in [3.05, 3.63) is 52.8 Å². The molecule has 1 heterocycles. The summed E-state index contributed by atoms with van der Waals surface area (Å²) in [5, 5.41) is 3.62. The summed E-state index contributed by atoms with van der Waals surface area (Å²) < 4.78 is 0. The number of aromatic nitrogens is 1. The van der Waals surface area contributed by atoms with Gasteiger partial charge in [-0.2, -0.15) is 0 Å². The molecule has 2 aromatic rings. The molecule has 21 heavy (non-hydrogen) atoms. The number of hydrogen-bond donors (Lipinski definition) is 1. The van der Waals surface area contributed by atoms with Gasteiger partial charge in [0.1, 0.15) is 0 Å². The van der Waals surface area contributed by atoms with E-state index in [1.807, 2.05) is 6.20 Å². The van der Waals surface area contributed by atoms with Gasteiger partial charge in [0.25, 0.3) is 0 Å². The van der Waals surface area contributed by atoms with E-state index in [1.165, 1.54) is 48.3 Å². The van der Waals surface area contributed by atoms with E-state index in [0.29, 0.717) is 0 Å². The first kappa shape index (κ1) is 12.9. The van der Waals surface area contributed by atoms with Crippen LogP contribution in [-0.2, 0) is 0 Å². The largest absolute Gasteiger partial charge is 0.354 e. The van der Waals surface area contributed by atoms with Gasteiger partial charge in [-0.3, -0.25) is 4.98 Å². The van der Waals surface area contributed by atoms with E-state index >= 15 is 0 Å². The molecule has 0 atom stereocenters. The maximum absolute atomic E-state index is 4.67. The standard InChI is InChI=1S/C19H22N2/c1-12-4-3-5-16(10-12)21-17-11-20-13(2)18-14-6-8-15(9-7-14)19(17)18/h3-5,10-11,14-15,21H,6-9H2,1-2H3. The molecule has 0 amide bonds. The summed E-state index contributed by atoms with van der Waals surface area (Å²) in [6.45, 7) is 4.31. The molecule has 0 unspecified atom stereocenters. The van der Waals surface area contributed by atoms with E-state index in [0.717, 1.165) is 11.8 Å². The molecule has 0 aliphatic heterocycles. The van der Waals surface area contributed by atoms with Crippen LogP contribution in [0.5, 0.6) is 0 Å². The number of hydrogen-bond acceptors (Lipinski definition) is 2. The molecule has 0 spiro atoms. The molecule has 0 radical (unpaired) electrons. The highest BCUT2D eigenvalue weighted by atomic mass is 14.9. The van der Waals surface area contributed by atoms with Gasteiger partial charge < -0.3 is 5.32 Å². The fourth-order valence-electron chi connectivity index (χ4n) is 4.24. The first-order chi connectivity index (χ1) is 10.2. The minimum atomic E-state index is 0.735. The van der Waals surface area contributed by atoms with Crippen molar-refractivity contribution >= 4 is 11.4 Å². The van der Waals surface area contributed by atoms with Crippen LogP contribution in [0, 0.1) is 13.8 Å². The van der Waals surface area contributed by atoms with Crippen molar-refractivity contribution < 1.29 is 0 Å². The Labute approximate surface area is 126 Å². The third kappa shape index (κ3) is 2.14. The summed E-state index contributed by atoms with van der Waals surface area (Å²) in [6.07, 6.45) is 7.45. The quantitative estimate of drug-likeness (QED) is 0.817. The van der Waals surface area contributed by atoms with Gasteiger partial charge in [0.05, 0.1) is 11.9 Å². The summed E-state index contributed by atoms with van der Waals surface area (Å²) in [6, 6.07) is 8.58. The molecular formula is C19H22N2. The second kappa shape index (κ2) is 4.87. The van der Waals surface area contributed by atoms with Gasteiger partial charge in [0.2, 0.25) is 0 Å². The topological polar surface area (TPSA) is 24.9 Å². The van der Waals surface area contributed by atoms with Crippen molar-refractivity contribution in [3.63, 3.8) is 0 Å². The van der Waals surface area contributed by atoms with E-state index in [1.54, 1.807) is 11.1 Å². The Morgan fingerprint density at radius 2 is 1.71 bits per heavy atom. The summed E-state index contributed by atoms with van der Waals surface area (Å²) in [7, 11) is 0. The second-order valence-corrected chi connectivity index (χ2v) is 6.63. The Morgan fingerprint density at radius 3 is 2.43 bits per heavy atom. The molecule has 3 aliphatic rings. The van der Waals surface area contributed by atoms with E-state index in [9.17, 15) is 0 Å². The van der Waals surface area contributed by atoms with E-state index in [4.69, 9.17) is 0 Å². The molecule has 1 N–H and O–H groups in total. The van der Waals surface area contributed by atoms with E-state index < -0.39 is 0 Å². The molecule has 108 valence electrons. The van der Waals surface area contributed by atoms with Crippen LogP contribution in [0.2, 0.25) is 0 Å². The van der Waals surface area contributed by atoms with Crippen molar-refractivity contribution in [2.24, 2.45) is 0 Å². The van der Waals surface area contributed by atoms with Crippen LogP contribution in [-0.4, -0.2) is 4.98 Å². The molecule has 1 fully saturated rings. The van der Waals surface area contributed by atoms with Crippen molar-refractivity contribution in [2.75, 3.05) is 5.32 Å². The molecule has 1 aromatic heterocycles. The summed E-state index contributed by atoms with van der Waals surface area (Å²) in [4.78, 5) is 4.67. The minimum absolute atomic E-state index is 0.735. The van der Waals surface area contributed by atoms with Crippen molar-refractivity contribution in [2.45, 2.75) is 51.4 Å². The Kier molecular flexibility index (Phi) is 2.99. The molecule has 2 bridgehead atoms. The summed E-state index contributed by atoms with van der Waals surface area (Å²) in [5.74, 6) is 1.48. The van der Waals surface area contributed by atoms with Crippen LogP contribution in [0.15, 0.2) is 30.5 Å². The van der Waals surface area contributed by atoms with Gasteiger partial charge in [-0.25, -0.2) is 0 Å². The van der Waals surface area contributed by atoms with Crippen molar-refractivity contribution in [1.29, 1.82) is 0 Å². The summed E-state index contributed by atoms with van der Waals surface area (Å²) >= 11 is 0. The molecule has 1 aromatic carbocycles. The third-order valence-electron chi connectivity index (χ3n) is 5.20. The highest BCUT2D eigenvalue weighted by Gasteiger charge is 2.36. The number of anilines is 2. The zero-order valence-corrected chi connectivity index (χ0v) is 12.8. The van der Waals surface area contributed by atoms with Gasteiger partial charge in [-0.1, -0.05) is 12.1 Å². The smallest absolute Gasteiger partial charge is 0.0609 e. The maximum Gasteiger partial charge on any atom is 0.0609 e. The predicted octanol–water partition coefficient (Wildman–Crippen LogP) is 5.20. The Morgan fingerprint density at radius 1 is 1.00 bits per heavy atom. The third-order valence-corrected chi connectivity index (χ3v) is 5.20. The van der Waals surface area contributed by atoms with Gasteiger partial charge in [-0.05, 0) is 80.2 Å². The average Bonchev–Trinajstić information content (AvgIpc) is 2.51. The fourth-order valence-corrected chi connectivity index (χ4v) is 4.24. The van der Waals surface area contributed by atoms with Crippen LogP contribution >= 0.6 is 0 Å². The number of aryl methyl sites for hydroxylation is 2. The van der Waals surface area contributed by atoms with Crippen molar-refractivity contribution in [1.82, 2.24) is 4.98 Å². The fraction of sp³-hybridized carbons (Fsp3) is 0.421. The number of pyridine rings is 1. The Hall–Kier alpha value is -1.83. The zero-order valence-electron chi connectivity index (χ0n) is 12.8. The molecule has 5 rings (SSSR count). The normalized spacial score (nSPS) is 23.0. The highest BCUT2D eigenvalue weighted by Crippen LogP contribution is 2.52. The van der Waals surface area contributed by atoms with Gasteiger partial charge in [0.15, 0.2) is 0 Å². The minimum Gasteiger partial charge on any atom is -0.354 e. The van der Waals surface area contributed by atoms with Crippen LogP contribution in [0.4, 0.5) is 11.4 Å². The highest BCUT2D eigenvalue weighted by molar-refractivity contribution is 5.67. The Balaban J connectivity index is 1.79. The summed E-state index contributed by atoms with van der Waals surface area (Å²) in [5.41, 5.74) is 8.05. The first-order valence-electron chi connectivity index (χ1n) is 8.05. The lowest BCUT2D eigenvalue weighted by atomic mass is 9.66. The molecule has 0 saturated heterocycles. The van der Waals surface area contributed by atoms with Crippen LogP contribution in [0.1, 0.15) is 59.9 Å². The van der Waals surface area contributed by atoms with Gasteiger partial charge in [0, 0.05) is 11.4 Å². The average molecular weight is 278 g/mol. The van der Waals surface area contributed by atoms with Crippen LogP contribution < -0.4 is 5.32 Å². The number of fused-ring (bicyclic) bond motifs is 2. The van der Waals surface area contributed by atoms with E-state index in [2.05, 4.69) is 48.4 Å². The van der Waals surface area contributed by atoms with Gasteiger partial charge >= 0.3 is 0 Å². The monoisotopic (exact) mass is 278 g/mol. The van der Waals surface area contributed by atoms with Crippen molar-refractivity contribution in [3.8, 4) is 0 Å². The lowest BCUT2D eigenvalue weighted by molar-refractivity contribution is 0.357. The number of rotatable bonds is 2. The molecule has 3 aliphatic carbocycles. The van der Waals surface area contributed by atoms with Gasteiger partial charge in [-0.15, -0.1) is 0 Å². The number of nitrogens with one attached hydrogen (secondary N) is 1. The number of benzene rings is 1. The lowest BCUT2D eigenvalue weighted by Crippen LogP contribution is -2.24. The zero-order chi connectivity index (χ0) is 14.4. The maximum atomic E-state index is 4.67. The second-order valence-electron chi connectivity index (χ2n) is 6.63. The SMILES string of the molecule is Cc1cccc(Nc2cnc(C)c3c2C2CCC3CC2)c1. The predicted molar refractivity (Wildman–Crippen MR) is 87.4 cm³/mol. The first-order valence-corrected chi connectivity index (χ1v) is 8.05. The Bertz CT molecular complexity index is 682. The molecule has 2 nitrogen and oxygen atoms in total. The lowest BCUT2D eigenvalue weighted by Gasteiger charge is -2.40. The van der Waals surface area contributed by atoms with Crippen LogP contribution in [0.25, 0.3) is 0 Å². The van der Waals surface area contributed by atoms with Crippen LogP contribution in [0.3, 0.4) is 0 Å². The van der Waals surface area contributed by atoms with E-state index in [-0.39, 0.29) is 0 Å². The molecular weight excluding hydrogens is 256 g/mol. The molecule has 2 heteroatoms.